The van der Waals surface area contributed by atoms with E-state index in [9.17, 15) is 4.79 Å². The minimum absolute atomic E-state index is 0.132. The SMILES string of the molecule is COCCN1CCC(CNC(=O)N2CCC(C)CC2)C1. The molecule has 0 saturated carbocycles. The van der Waals surface area contributed by atoms with E-state index >= 15 is 0 Å². The summed E-state index contributed by atoms with van der Waals surface area (Å²) in [4.78, 5) is 16.5. The molecule has 1 N–H and O–H groups in total. The van der Waals surface area contributed by atoms with Crippen molar-refractivity contribution in [1.82, 2.24) is 15.1 Å². The van der Waals surface area contributed by atoms with E-state index in [1.807, 2.05) is 4.90 Å². The maximum absolute atomic E-state index is 12.1. The van der Waals surface area contributed by atoms with Crippen LogP contribution in [0.25, 0.3) is 0 Å². The van der Waals surface area contributed by atoms with Crippen molar-refractivity contribution < 1.29 is 9.53 Å². The summed E-state index contributed by atoms with van der Waals surface area (Å²) in [6.45, 7) is 8.92. The quantitative estimate of drug-likeness (QED) is 0.829. The number of nitrogens with zero attached hydrogens (tertiary/aromatic N) is 2. The summed E-state index contributed by atoms with van der Waals surface area (Å²) in [5.74, 6) is 1.36. The molecular formula is C15H29N3O2. The van der Waals surface area contributed by atoms with Crippen molar-refractivity contribution in [1.29, 1.82) is 0 Å². The van der Waals surface area contributed by atoms with Crippen molar-refractivity contribution in [2.75, 3.05) is 53.0 Å². The van der Waals surface area contributed by atoms with E-state index in [4.69, 9.17) is 4.74 Å². The average molecular weight is 283 g/mol. The molecule has 0 bridgehead atoms. The first-order valence-corrected chi connectivity index (χ1v) is 7.93. The Morgan fingerprint density at radius 1 is 1.25 bits per heavy atom. The maximum atomic E-state index is 12.1. The average Bonchev–Trinajstić information content (AvgIpc) is 2.91. The van der Waals surface area contributed by atoms with Gasteiger partial charge in [0.05, 0.1) is 6.61 Å². The summed E-state index contributed by atoms with van der Waals surface area (Å²) < 4.78 is 5.11. The lowest BCUT2D eigenvalue weighted by Crippen LogP contribution is -2.45. The molecule has 2 rings (SSSR count). The van der Waals surface area contributed by atoms with E-state index in [2.05, 4.69) is 17.1 Å². The highest BCUT2D eigenvalue weighted by Gasteiger charge is 2.24. The zero-order valence-corrected chi connectivity index (χ0v) is 12.9. The highest BCUT2D eigenvalue weighted by molar-refractivity contribution is 5.74. The van der Waals surface area contributed by atoms with Gasteiger partial charge in [0.2, 0.25) is 0 Å². The van der Waals surface area contributed by atoms with Gasteiger partial charge in [-0.2, -0.15) is 0 Å². The van der Waals surface area contributed by atoms with Crippen LogP contribution in [0.2, 0.25) is 0 Å². The number of methoxy groups -OCH3 is 1. The van der Waals surface area contributed by atoms with Crippen molar-refractivity contribution >= 4 is 6.03 Å². The molecule has 0 aromatic heterocycles. The molecule has 2 aliphatic heterocycles. The third-order valence-corrected chi connectivity index (χ3v) is 4.59. The lowest BCUT2D eigenvalue weighted by Gasteiger charge is -2.30. The molecule has 5 nitrogen and oxygen atoms in total. The van der Waals surface area contributed by atoms with Crippen molar-refractivity contribution in [3.8, 4) is 0 Å². The Balaban J connectivity index is 1.62. The number of ether oxygens (including phenoxy) is 1. The van der Waals surface area contributed by atoms with E-state index in [0.717, 1.165) is 64.6 Å². The molecule has 0 aromatic rings. The second-order valence-electron chi connectivity index (χ2n) is 6.30. The largest absolute Gasteiger partial charge is 0.383 e. The topological polar surface area (TPSA) is 44.8 Å². The number of hydrogen-bond acceptors (Lipinski definition) is 3. The number of likely N-dealkylation sites (tertiary alicyclic amines) is 2. The number of urea groups is 1. The van der Waals surface area contributed by atoms with Crippen LogP contribution >= 0.6 is 0 Å². The first-order valence-electron chi connectivity index (χ1n) is 7.93. The van der Waals surface area contributed by atoms with E-state index in [0.29, 0.717) is 5.92 Å². The predicted molar refractivity (Wildman–Crippen MR) is 79.8 cm³/mol. The predicted octanol–water partition coefficient (Wildman–Crippen LogP) is 1.40. The van der Waals surface area contributed by atoms with Gasteiger partial charge in [-0.15, -0.1) is 0 Å². The lowest BCUT2D eigenvalue weighted by atomic mass is 10.00. The van der Waals surface area contributed by atoms with E-state index in [1.54, 1.807) is 7.11 Å². The molecule has 116 valence electrons. The number of carbonyl (C=O) groups excluding carboxylic acids is 1. The molecule has 0 radical (unpaired) electrons. The van der Waals surface area contributed by atoms with Crippen LogP contribution in [0.1, 0.15) is 26.2 Å². The summed E-state index contributed by atoms with van der Waals surface area (Å²) in [7, 11) is 1.74. The van der Waals surface area contributed by atoms with Crippen LogP contribution in [0.4, 0.5) is 4.79 Å². The molecule has 2 fully saturated rings. The third kappa shape index (κ3) is 4.63. The second kappa shape index (κ2) is 7.84. The van der Waals surface area contributed by atoms with Crippen molar-refractivity contribution in [3.63, 3.8) is 0 Å². The molecule has 5 heteroatoms. The smallest absolute Gasteiger partial charge is 0.317 e. The van der Waals surface area contributed by atoms with Gasteiger partial charge in [0, 0.05) is 39.8 Å². The number of nitrogens with one attached hydrogen (secondary N) is 1. The molecular weight excluding hydrogens is 254 g/mol. The highest BCUT2D eigenvalue weighted by Crippen LogP contribution is 2.17. The molecule has 1 atom stereocenters. The lowest BCUT2D eigenvalue weighted by molar-refractivity contribution is 0.158. The third-order valence-electron chi connectivity index (χ3n) is 4.59. The zero-order chi connectivity index (χ0) is 14.4. The first kappa shape index (κ1) is 15.6. The van der Waals surface area contributed by atoms with Gasteiger partial charge in [0.15, 0.2) is 0 Å². The van der Waals surface area contributed by atoms with Crippen LogP contribution in [0, 0.1) is 11.8 Å². The molecule has 1 unspecified atom stereocenters. The fourth-order valence-electron chi connectivity index (χ4n) is 3.06. The summed E-state index contributed by atoms with van der Waals surface area (Å²) in [5, 5.41) is 3.11. The van der Waals surface area contributed by atoms with Crippen LogP contribution < -0.4 is 5.32 Å². The Labute approximate surface area is 122 Å². The Bertz CT molecular complexity index is 303. The minimum atomic E-state index is 0.132. The fraction of sp³-hybridized carbons (Fsp3) is 0.933. The number of piperidine rings is 1. The molecule has 0 spiro atoms. The van der Waals surface area contributed by atoms with Crippen LogP contribution in [0.15, 0.2) is 0 Å². The molecule has 0 aliphatic carbocycles. The van der Waals surface area contributed by atoms with Crippen LogP contribution in [0.3, 0.4) is 0 Å². The van der Waals surface area contributed by atoms with Crippen LogP contribution in [0.5, 0.6) is 0 Å². The van der Waals surface area contributed by atoms with Crippen LogP contribution in [-0.2, 0) is 4.74 Å². The summed E-state index contributed by atoms with van der Waals surface area (Å²) >= 11 is 0. The normalized spacial score (nSPS) is 25.1. The van der Waals surface area contributed by atoms with Gasteiger partial charge in [0.1, 0.15) is 0 Å². The van der Waals surface area contributed by atoms with Crippen molar-refractivity contribution in [2.24, 2.45) is 11.8 Å². The van der Waals surface area contributed by atoms with Gasteiger partial charge < -0.3 is 19.9 Å². The Kier molecular flexibility index (Phi) is 6.10. The monoisotopic (exact) mass is 283 g/mol. The molecule has 2 aliphatic rings. The summed E-state index contributed by atoms with van der Waals surface area (Å²) in [5.41, 5.74) is 0. The number of hydrogen-bond donors (Lipinski definition) is 1. The molecule has 2 amide bonds. The number of amides is 2. The van der Waals surface area contributed by atoms with Crippen molar-refractivity contribution in [2.45, 2.75) is 26.2 Å². The summed E-state index contributed by atoms with van der Waals surface area (Å²) in [6, 6.07) is 0.132. The maximum Gasteiger partial charge on any atom is 0.317 e. The van der Waals surface area contributed by atoms with E-state index in [1.165, 1.54) is 6.42 Å². The minimum Gasteiger partial charge on any atom is -0.383 e. The van der Waals surface area contributed by atoms with Crippen molar-refractivity contribution in [3.05, 3.63) is 0 Å². The Morgan fingerprint density at radius 3 is 2.70 bits per heavy atom. The molecule has 2 heterocycles. The van der Waals surface area contributed by atoms with Gasteiger partial charge >= 0.3 is 6.03 Å². The van der Waals surface area contributed by atoms with Crippen LogP contribution in [-0.4, -0.2) is 68.8 Å². The molecule has 0 aromatic carbocycles. The Hall–Kier alpha value is -0.810. The Morgan fingerprint density at radius 2 is 2.00 bits per heavy atom. The first-order chi connectivity index (χ1) is 9.69. The molecule has 2 saturated heterocycles. The highest BCUT2D eigenvalue weighted by atomic mass is 16.5. The van der Waals surface area contributed by atoms with Gasteiger partial charge in [-0.05, 0) is 37.6 Å². The fourth-order valence-corrected chi connectivity index (χ4v) is 3.06. The number of carbonyl (C=O) groups is 1. The van der Waals surface area contributed by atoms with E-state index in [-0.39, 0.29) is 6.03 Å². The van der Waals surface area contributed by atoms with Gasteiger partial charge in [0.25, 0.3) is 0 Å². The number of rotatable bonds is 5. The second-order valence-corrected chi connectivity index (χ2v) is 6.30. The standard InChI is InChI=1S/C15H29N3O2/c1-13-3-7-18(8-4-13)15(19)16-11-14-5-6-17(12-14)9-10-20-2/h13-14H,3-12H2,1-2H3,(H,16,19). The van der Waals surface area contributed by atoms with Gasteiger partial charge in [-0.25, -0.2) is 4.79 Å². The summed E-state index contributed by atoms with van der Waals surface area (Å²) in [6.07, 6.45) is 3.46. The van der Waals surface area contributed by atoms with E-state index < -0.39 is 0 Å². The van der Waals surface area contributed by atoms with Gasteiger partial charge in [-0.3, -0.25) is 0 Å². The molecule has 20 heavy (non-hydrogen) atoms. The zero-order valence-electron chi connectivity index (χ0n) is 12.9. The van der Waals surface area contributed by atoms with Gasteiger partial charge in [-0.1, -0.05) is 6.92 Å².